The predicted molar refractivity (Wildman–Crippen MR) is 64.2 cm³/mol. The minimum absolute atomic E-state index is 0.282. The third kappa shape index (κ3) is 3.11. The number of thioether (sulfide) groups is 1. The summed E-state index contributed by atoms with van der Waals surface area (Å²) < 4.78 is 22.3. The second-order valence-corrected chi connectivity index (χ2v) is 6.55. The summed E-state index contributed by atoms with van der Waals surface area (Å²) in [6, 6.07) is 10.1. The molecule has 0 aliphatic carbocycles. The van der Waals surface area contributed by atoms with Crippen molar-refractivity contribution in [3.05, 3.63) is 46.2 Å². The predicted octanol–water partition coefficient (Wildman–Crippen LogP) is 2.58. The topological polar surface area (TPSA) is 34.1 Å². The highest BCUT2D eigenvalue weighted by Crippen LogP contribution is 2.29. The molecule has 0 bridgehead atoms. The van der Waals surface area contributed by atoms with Crippen LogP contribution in [0.2, 0.25) is 0 Å². The van der Waals surface area contributed by atoms with Crippen molar-refractivity contribution in [3.8, 4) is 0 Å². The second kappa shape index (κ2) is 4.41. The van der Waals surface area contributed by atoms with Crippen molar-refractivity contribution in [2.75, 3.05) is 5.75 Å². The molecule has 1 heterocycles. The van der Waals surface area contributed by atoms with E-state index in [4.69, 9.17) is 0 Å². The average molecular weight is 240 g/mol. The van der Waals surface area contributed by atoms with Crippen molar-refractivity contribution in [1.29, 1.82) is 0 Å². The molecule has 0 saturated heterocycles. The molecule has 15 heavy (non-hydrogen) atoms. The van der Waals surface area contributed by atoms with E-state index in [-0.39, 0.29) is 5.75 Å². The molecule has 1 aliphatic heterocycles. The SMILES string of the molecule is O=S1(=O)C=C(SCc2ccccc2)CC1. The van der Waals surface area contributed by atoms with Gasteiger partial charge in [0.2, 0.25) is 0 Å². The number of allylic oxidation sites excluding steroid dienone is 1. The van der Waals surface area contributed by atoms with Gasteiger partial charge in [-0.05, 0) is 16.9 Å². The lowest BCUT2D eigenvalue weighted by molar-refractivity contribution is 0.606. The average Bonchev–Trinajstić information content (AvgIpc) is 2.57. The fourth-order valence-electron chi connectivity index (χ4n) is 1.42. The highest BCUT2D eigenvalue weighted by molar-refractivity contribution is 8.04. The van der Waals surface area contributed by atoms with Gasteiger partial charge in [-0.2, -0.15) is 0 Å². The van der Waals surface area contributed by atoms with Crippen LogP contribution in [0.3, 0.4) is 0 Å². The summed E-state index contributed by atoms with van der Waals surface area (Å²) >= 11 is 1.62. The summed E-state index contributed by atoms with van der Waals surface area (Å²) in [6.07, 6.45) is 0.680. The minimum atomic E-state index is -2.88. The fraction of sp³-hybridized carbons (Fsp3) is 0.273. The normalized spacial score (nSPS) is 18.8. The summed E-state index contributed by atoms with van der Waals surface area (Å²) in [4.78, 5) is 0.985. The smallest absolute Gasteiger partial charge is 0.172 e. The molecule has 80 valence electrons. The van der Waals surface area contributed by atoms with Crippen molar-refractivity contribution < 1.29 is 8.42 Å². The standard InChI is InChI=1S/C11H12O2S2/c12-15(13)7-6-11(9-15)14-8-10-4-2-1-3-5-10/h1-5,9H,6-8H2. The Morgan fingerprint density at radius 1 is 1.20 bits per heavy atom. The van der Waals surface area contributed by atoms with Crippen LogP contribution < -0.4 is 0 Å². The molecule has 0 N–H and O–H groups in total. The Labute approximate surface area is 94.3 Å². The van der Waals surface area contributed by atoms with E-state index in [0.29, 0.717) is 6.42 Å². The van der Waals surface area contributed by atoms with E-state index in [1.165, 1.54) is 11.0 Å². The first kappa shape index (κ1) is 10.8. The van der Waals surface area contributed by atoms with Gasteiger partial charge in [-0.3, -0.25) is 0 Å². The molecule has 0 radical (unpaired) electrons. The van der Waals surface area contributed by atoms with E-state index in [1.807, 2.05) is 18.2 Å². The van der Waals surface area contributed by atoms with E-state index in [0.717, 1.165) is 10.7 Å². The lowest BCUT2D eigenvalue weighted by Gasteiger charge is -2.00. The van der Waals surface area contributed by atoms with Gasteiger partial charge in [-0.25, -0.2) is 8.42 Å². The molecule has 4 heteroatoms. The van der Waals surface area contributed by atoms with Gasteiger partial charge in [0.25, 0.3) is 0 Å². The van der Waals surface area contributed by atoms with Crippen LogP contribution in [0.1, 0.15) is 12.0 Å². The van der Waals surface area contributed by atoms with Gasteiger partial charge in [-0.15, -0.1) is 11.8 Å². The zero-order chi connectivity index (χ0) is 10.7. The quantitative estimate of drug-likeness (QED) is 0.814. The van der Waals surface area contributed by atoms with Crippen LogP contribution in [0.25, 0.3) is 0 Å². The maximum atomic E-state index is 11.2. The number of rotatable bonds is 3. The maximum absolute atomic E-state index is 11.2. The molecule has 2 rings (SSSR count). The number of hydrogen-bond donors (Lipinski definition) is 0. The van der Waals surface area contributed by atoms with Crippen LogP contribution in [-0.2, 0) is 15.6 Å². The monoisotopic (exact) mass is 240 g/mol. The highest BCUT2D eigenvalue weighted by atomic mass is 32.2. The van der Waals surface area contributed by atoms with Crippen LogP contribution >= 0.6 is 11.8 Å². The van der Waals surface area contributed by atoms with Gasteiger partial charge in [0.15, 0.2) is 9.84 Å². The maximum Gasteiger partial charge on any atom is 0.172 e. The molecule has 0 aromatic heterocycles. The zero-order valence-electron chi connectivity index (χ0n) is 8.22. The van der Waals surface area contributed by atoms with Crippen LogP contribution in [-0.4, -0.2) is 14.2 Å². The van der Waals surface area contributed by atoms with Gasteiger partial charge in [0.05, 0.1) is 5.75 Å². The van der Waals surface area contributed by atoms with Crippen molar-refractivity contribution in [3.63, 3.8) is 0 Å². The van der Waals surface area contributed by atoms with Gasteiger partial charge in [0.1, 0.15) is 0 Å². The fourth-order valence-corrected chi connectivity index (χ4v) is 4.19. The molecular formula is C11H12O2S2. The molecule has 2 nitrogen and oxygen atoms in total. The Kier molecular flexibility index (Phi) is 3.17. The molecule has 1 aromatic rings. The van der Waals surface area contributed by atoms with Crippen LogP contribution in [0.4, 0.5) is 0 Å². The number of benzene rings is 1. The Morgan fingerprint density at radius 2 is 1.93 bits per heavy atom. The molecule has 0 unspecified atom stereocenters. The Balaban J connectivity index is 1.96. The van der Waals surface area contributed by atoms with Crippen LogP contribution in [0.5, 0.6) is 0 Å². The molecule has 0 fully saturated rings. The zero-order valence-corrected chi connectivity index (χ0v) is 9.85. The van der Waals surface area contributed by atoms with Gasteiger partial charge >= 0.3 is 0 Å². The van der Waals surface area contributed by atoms with Crippen molar-refractivity contribution >= 4 is 21.6 Å². The summed E-state index contributed by atoms with van der Waals surface area (Å²) in [7, 11) is -2.88. The lowest BCUT2D eigenvalue weighted by Crippen LogP contribution is -1.92. The molecular weight excluding hydrogens is 228 g/mol. The Morgan fingerprint density at radius 3 is 2.53 bits per heavy atom. The van der Waals surface area contributed by atoms with Crippen LogP contribution in [0, 0.1) is 0 Å². The van der Waals surface area contributed by atoms with Crippen LogP contribution in [0.15, 0.2) is 40.6 Å². The molecule has 0 spiro atoms. The molecule has 1 aromatic carbocycles. The van der Waals surface area contributed by atoms with E-state index < -0.39 is 9.84 Å². The highest BCUT2D eigenvalue weighted by Gasteiger charge is 2.18. The van der Waals surface area contributed by atoms with E-state index in [9.17, 15) is 8.42 Å². The van der Waals surface area contributed by atoms with Crippen molar-refractivity contribution in [2.45, 2.75) is 12.2 Å². The summed E-state index contributed by atoms with van der Waals surface area (Å²) in [5, 5.41) is 1.42. The third-order valence-corrected chi connectivity index (χ3v) is 4.95. The molecule has 0 atom stereocenters. The summed E-state index contributed by atoms with van der Waals surface area (Å²) in [5.74, 6) is 1.13. The lowest BCUT2D eigenvalue weighted by atomic mass is 10.2. The summed E-state index contributed by atoms with van der Waals surface area (Å²) in [6.45, 7) is 0. The second-order valence-electron chi connectivity index (χ2n) is 3.48. The number of hydrogen-bond acceptors (Lipinski definition) is 3. The Hall–Kier alpha value is -0.740. The molecule has 0 saturated carbocycles. The van der Waals surface area contributed by atoms with E-state index in [2.05, 4.69) is 12.1 Å². The molecule has 0 amide bonds. The van der Waals surface area contributed by atoms with E-state index in [1.54, 1.807) is 11.8 Å². The van der Waals surface area contributed by atoms with E-state index >= 15 is 0 Å². The minimum Gasteiger partial charge on any atom is -0.224 e. The first-order valence-electron chi connectivity index (χ1n) is 4.76. The third-order valence-electron chi connectivity index (χ3n) is 2.21. The van der Waals surface area contributed by atoms with Gasteiger partial charge in [-0.1, -0.05) is 30.3 Å². The summed E-state index contributed by atoms with van der Waals surface area (Å²) in [5.41, 5.74) is 1.23. The first-order chi connectivity index (χ1) is 7.16. The largest absolute Gasteiger partial charge is 0.224 e. The first-order valence-corrected chi connectivity index (χ1v) is 7.46. The molecule has 1 aliphatic rings. The Bertz CT molecular complexity index is 461. The van der Waals surface area contributed by atoms with Crippen molar-refractivity contribution in [1.82, 2.24) is 0 Å². The van der Waals surface area contributed by atoms with Crippen molar-refractivity contribution in [2.24, 2.45) is 0 Å². The number of sulfone groups is 1. The van der Waals surface area contributed by atoms with Gasteiger partial charge in [0, 0.05) is 11.2 Å². The van der Waals surface area contributed by atoms with Gasteiger partial charge < -0.3 is 0 Å².